The van der Waals surface area contributed by atoms with Gasteiger partial charge in [-0.25, -0.2) is 4.98 Å². The molecular weight excluding hydrogens is 260 g/mol. The lowest BCUT2D eigenvalue weighted by Crippen LogP contribution is -2.47. The third-order valence-electron chi connectivity index (χ3n) is 3.97. The Bertz CT molecular complexity index is 491. The normalized spacial score (nSPS) is 25.3. The number of carbonyl (C=O) groups excluding carboxylic acids is 1. The van der Waals surface area contributed by atoms with Crippen molar-refractivity contribution in [2.75, 3.05) is 19.7 Å². The van der Waals surface area contributed by atoms with Crippen LogP contribution in [-0.2, 0) is 15.9 Å². The molecule has 1 spiro atoms. The number of aromatic nitrogens is 1. The smallest absolute Gasteiger partial charge is 0.276 e. The molecule has 110 valence electrons. The fraction of sp³-hybridized carbons (Fsp3) is 0.714. The van der Waals surface area contributed by atoms with Crippen LogP contribution in [0.5, 0.6) is 0 Å². The molecule has 1 aromatic heterocycles. The van der Waals surface area contributed by atoms with E-state index in [9.17, 15) is 4.79 Å². The maximum atomic E-state index is 12.4. The van der Waals surface area contributed by atoms with E-state index in [0.29, 0.717) is 50.4 Å². The number of hydrogen-bond donors (Lipinski definition) is 0. The third kappa shape index (κ3) is 2.33. The summed E-state index contributed by atoms with van der Waals surface area (Å²) in [5.74, 6) is 0.113. The zero-order valence-corrected chi connectivity index (χ0v) is 11.9. The van der Waals surface area contributed by atoms with E-state index in [4.69, 9.17) is 13.9 Å². The fourth-order valence-corrected chi connectivity index (χ4v) is 2.86. The Morgan fingerprint density at radius 2 is 2.25 bits per heavy atom. The lowest BCUT2D eigenvalue weighted by Gasteiger charge is -2.37. The third-order valence-corrected chi connectivity index (χ3v) is 3.97. The van der Waals surface area contributed by atoms with Crippen LogP contribution in [0.3, 0.4) is 0 Å². The Morgan fingerprint density at radius 3 is 2.85 bits per heavy atom. The van der Waals surface area contributed by atoms with E-state index in [1.54, 1.807) is 4.90 Å². The first-order valence-corrected chi connectivity index (χ1v) is 7.17. The molecule has 0 aromatic carbocycles. The predicted molar refractivity (Wildman–Crippen MR) is 70.2 cm³/mol. The van der Waals surface area contributed by atoms with Gasteiger partial charge < -0.3 is 18.8 Å². The minimum absolute atomic E-state index is 0.0588. The van der Waals surface area contributed by atoms with Crippen molar-refractivity contribution in [3.8, 4) is 0 Å². The summed E-state index contributed by atoms with van der Waals surface area (Å²) in [7, 11) is 0. The summed E-state index contributed by atoms with van der Waals surface area (Å²) in [5.41, 5.74) is 0.435. The fourth-order valence-electron chi connectivity index (χ4n) is 2.86. The Hall–Kier alpha value is -1.40. The molecule has 1 atom stereocenters. The number of piperidine rings is 1. The van der Waals surface area contributed by atoms with Crippen molar-refractivity contribution in [3.63, 3.8) is 0 Å². The molecule has 1 amide bonds. The molecule has 0 bridgehead atoms. The van der Waals surface area contributed by atoms with E-state index < -0.39 is 5.79 Å². The molecule has 2 saturated heterocycles. The summed E-state index contributed by atoms with van der Waals surface area (Å²) in [5, 5.41) is 0. The Kier molecular flexibility index (Phi) is 3.52. The summed E-state index contributed by atoms with van der Waals surface area (Å²) in [6, 6.07) is 0. The highest BCUT2D eigenvalue weighted by Gasteiger charge is 2.43. The summed E-state index contributed by atoms with van der Waals surface area (Å²) < 4.78 is 16.8. The number of ether oxygens (including phenoxy) is 2. The largest absolute Gasteiger partial charge is 0.448 e. The van der Waals surface area contributed by atoms with Gasteiger partial charge in [0.1, 0.15) is 5.76 Å². The highest BCUT2D eigenvalue weighted by Crippen LogP contribution is 2.34. The highest BCUT2D eigenvalue weighted by molar-refractivity contribution is 5.93. The number of amides is 1. The Morgan fingerprint density at radius 1 is 1.50 bits per heavy atom. The summed E-state index contributed by atoms with van der Waals surface area (Å²) in [4.78, 5) is 18.3. The summed E-state index contributed by atoms with van der Waals surface area (Å²) in [6.07, 6.45) is 3.56. The van der Waals surface area contributed by atoms with E-state index in [0.717, 1.165) is 0 Å². The summed E-state index contributed by atoms with van der Waals surface area (Å²) in [6.45, 7) is 5.85. The van der Waals surface area contributed by atoms with Gasteiger partial charge in [0, 0.05) is 32.4 Å². The van der Waals surface area contributed by atoms with Crippen LogP contribution in [0.25, 0.3) is 0 Å². The van der Waals surface area contributed by atoms with Crippen molar-refractivity contribution in [2.24, 2.45) is 0 Å². The minimum Gasteiger partial charge on any atom is -0.448 e. The number of carbonyl (C=O) groups is 1. The molecule has 3 rings (SSSR count). The quantitative estimate of drug-likeness (QED) is 0.823. The predicted octanol–water partition coefficient (Wildman–Crippen LogP) is 1.60. The van der Waals surface area contributed by atoms with Gasteiger partial charge in [-0.05, 0) is 6.92 Å². The van der Waals surface area contributed by atoms with Crippen LogP contribution in [0.1, 0.15) is 42.9 Å². The van der Waals surface area contributed by atoms with Crippen LogP contribution in [0.15, 0.2) is 10.8 Å². The van der Waals surface area contributed by atoms with Gasteiger partial charge in [-0.2, -0.15) is 0 Å². The first-order chi connectivity index (χ1) is 9.63. The van der Waals surface area contributed by atoms with Crippen LogP contribution in [0.4, 0.5) is 0 Å². The molecule has 0 unspecified atom stereocenters. The van der Waals surface area contributed by atoms with E-state index in [1.807, 2.05) is 13.8 Å². The lowest BCUT2D eigenvalue weighted by atomic mass is 10.0. The van der Waals surface area contributed by atoms with Gasteiger partial charge in [0.05, 0.1) is 12.7 Å². The van der Waals surface area contributed by atoms with Crippen molar-refractivity contribution in [1.82, 2.24) is 9.88 Å². The maximum Gasteiger partial charge on any atom is 0.276 e. The van der Waals surface area contributed by atoms with Gasteiger partial charge in [0.2, 0.25) is 0 Å². The molecule has 0 saturated carbocycles. The second-order valence-electron chi connectivity index (χ2n) is 5.42. The van der Waals surface area contributed by atoms with Gasteiger partial charge in [-0.1, -0.05) is 6.92 Å². The molecule has 3 heterocycles. The van der Waals surface area contributed by atoms with Crippen LogP contribution in [0.2, 0.25) is 0 Å². The highest BCUT2D eigenvalue weighted by atomic mass is 16.7. The van der Waals surface area contributed by atoms with Gasteiger partial charge in [0.25, 0.3) is 5.91 Å². The van der Waals surface area contributed by atoms with Crippen molar-refractivity contribution in [1.29, 1.82) is 0 Å². The number of aryl methyl sites for hydroxylation is 1. The molecular formula is C14H20N2O4. The maximum absolute atomic E-state index is 12.4. The molecule has 1 aromatic rings. The van der Waals surface area contributed by atoms with Crippen LogP contribution in [-0.4, -0.2) is 47.4 Å². The Labute approximate surface area is 118 Å². The van der Waals surface area contributed by atoms with E-state index >= 15 is 0 Å². The van der Waals surface area contributed by atoms with Crippen LogP contribution >= 0.6 is 0 Å². The van der Waals surface area contributed by atoms with Crippen molar-refractivity contribution >= 4 is 5.91 Å². The van der Waals surface area contributed by atoms with E-state index in [2.05, 4.69) is 4.98 Å². The van der Waals surface area contributed by atoms with Crippen molar-refractivity contribution < 1.29 is 18.7 Å². The Balaban J connectivity index is 1.65. The molecule has 20 heavy (non-hydrogen) atoms. The van der Waals surface area contributed by atoms with E-state index in [1.165, 1.54) is 6.39 Å². The molecule has 6 nitrogen and oxygen atoms in total. The molecule has 2 aliphatic heterocycles. The monoisotopic (exact) mass is 280 g/mol. The standard InChI is InChI=1S/C14H20N2O4/c1-3-11-12(15-9-18-11)13(17)16-6-4-14(5-7-16)19-8-10(2)20-14/h9-10H,3-8H2,1-2H3/t10-/m1/s1. The number of likely N-dealkylation sites (tertiary alicyclic amines) is 1. The molecule has 0 aliphatic carbocycles. The topological polar surface area (TPSA) is 64.8 Å². The zero-order chi connectivity index (χ0) is 14.2. The number of hydrogen-bond acceptors (Lipinski definition) is 5. The molecule has 2 aliphatic rings. The first kappa shape index (κ1) is 13.6. The van der Waals surface area contributed by atoms with Gasteiger partial charge in [-0.15, -0.1) is 0 Å². The zero-order valence-electron chi connectivity index (χ0n) is 11.9. The van der Waals surface area contributed by atoms with E-state index in [-0.39, 0.29) is 12.0 Å². The van der Waals surface area contributed by atoms with Gasteiger partial charge >= 0.3 is 0 Å². The second-order valence-corrected chi connectivity index (χ2v) is 5.42. The summed E-state index contributed by atoms with van der Waals surface area (Å²) >= 11 is 0. The first-order valence-electron chi connectivity index (χ1n) is 7.17. The van der Waals surface area contributed by atoms with Crippen molar-refractivity contribution in [2.45, 2.75) is 45.0 Å². The number of rotatable bonds is 2. The van der Waals surface area contributed by atoms with Crippen molar-refractivity contribution in [3.05, 3.63) is 17.8 Å². The molecule has 6 heteroatoms. The molecule has 0 radical (unpaired) electrons. The minimum atomic E-state index is -0.479. The van der Waals surface area contributed by atoms with Crippen LogP contribution in [0, 0.1) is 0 Å². The molecule has 0 N–H and O–H groups in total. The average Bonchev–Trinajstić information content (AvgIpc) is 3.06. The number of oxazole rings is 1. The lowest BCUT2D eigenvalue weighted by molar-refractivity contribution is -0.190. The van der Waals surface area contributed by atoms with Gasteiger partial charge in [0.15, 0.2) is 17.9 Å². The second kappa shape index (κ2) is 5.18. The number of nitrogens with zero attached hydrogens (tertiary/aromatic N) is 2. The van der Waals surface area contributed by atoms with Crippen LogP contribution < -0.4 is 0 Å². The molecule has 2 fully saturated rings. The van der Waals surface area contributed by atoms with Gasteiger partial charge in [-0.3, -0.25) is 4.79 Å². The average molecular weight is 280 g/mol. The SMILES string of the molecule is CCc1ocnc1C(=O)N1CCC2(CC1)OC[C@@H](C)O2.